The Labute approximate surface area is 151 Å². The minimum absolute atomic E-state index is 0.247. The first-order valence-corrected chi connectivity index (χ1v) is 7.95. The molecule has 0 amide bonds. The van der Waals surface area contributed by atoms with Gasteiger partial charge in [-0.3, -0.25) is 19.3 Å². The summed E-state index contributed by atoms with van der Waals surface area (Å²) in [7, 11) is 0. The molecular formula is C18H10ClN3O4. The van der Waals surface area contributed by atoms with Crippen molar-refractivity contribution in [2.75, 3.05) is 0 Å². The molecule has 0 fully saturated rings. The van der Waals surface area contributed by atoms with Crippen molar-refractivity contribution in [2.24, 2.45) is 0 Å². The highest BCUT2D eigenvalue weighted by molar-refractivity contribution is 6.35. The summed E-state index contributed by atoms with van der Waals surface area (Å²) in [4.78, 5) is 27.3. The SMILES string of the molecule is O=c1c([N+](=O)[O-])c(Oc2ccc(Cl)c3ccccc23)nc2ccccn12. The van der Waals surface area contributed by atoms with Crippen molar-refractivity contribution in [3.05, 3.63) is 86.3 Å². The fourth-order valence-corrected chi connectivity index (χ4v) is 2.94. The molecule has 2 aromatic heterocycles. The second-order valence-electron chi connectivity index (χ2n) is 5.45. The van der Waals surface area contributed by atoms with Crippen molar-refractivity contribution in [1.29, 1.82) is 0 Å². The Kier molecular flexibility index (Phi) is 3.78. The van der Waals surface area contributed by atoms with Gasteiger partial charge in [-0.25, -0.2) is 0 Å². The van der Waals surface area contributed by atoms with Gasteiger partial charge in [0.2, 0.25) is 0 Å². The summed E-state index contributed by atoms with van der Waals surface area (Å²) in [6, 6.07) is 15.2. The van der Waals surface area contributed by atoms with Crippen LogP contribution in [0, 0.1) is 10.1 Å². The summed E-state index contributed by atoms with van der Waals surface area (Å²) in [6.07, 6.45) is 1.42. The van der Waals surface area contributed by atoms with Crippen LogP contribution in [0.15, 0.2) is 65.6 Å². The smallest absolute Gasteiger partial charge is 0.396 e. The lowest BCUT2D eigenvalue weighted by atomic mass is 10.1. The molecule has 0 unspecified atom stereocenters. The van der Waals surface area contributed by atoms with E-state index in [1.165, 1.54) is 6.20 Å². The molecular weight excluding hydrogens is 358 g/mol. The Hall–Kier alpha value is -3.45. The van der Waals surface area contributed by atoms with E-state index in [1.54, 1.807) is 42.5 Å². The Balaban J connectivity index is 1.96. The zero-order chi connectivity index (χ0) is 18.3. The summed E-state index contributed by atoms with van der Waals surface area (Å²) < 4.78 is 6.81. The molecule has 0 saturated heterocycles. The fourth-order valence-electron chi connectivity index (χ4n) is 2.71. The third kappa shape index (κ3) is 2.55. The molecule has 4 aromatic rings. The first-order chi connectivity index (χ1) is 12.6. The lowest BCUT2D eigenvalue weighted by molar-refractivity contribution is -0.387. The van der Waals surface area contributed by atoms with Crippen molar-refractivity contribution in [3.63, 3.8) is 0 Å². The van der Waals surface area contributed by atoms with Crippen molar-refractivity contribution >= 4 is 33.7 Å². The van der Waals surface area contributed by atoms with Crippen molar-refractivity contribution in [1.82, 2.24) is 9.38 Å². The predicted molar refractivity (Wildman–Crippen MR) is 97.1 cm³/mol. The highest BCUT2D eigenvalue weighted by atomic mass is 35.5. The van der Waals surface area contributed by atoms with Crippen LogP contribution in [-0.2, 0) is 0 Å². The lowest BCUT2D eigenvalue weighted by Gasteiger charge is -2.10. The molecule has 0 N–H and O–H groups in total. The van der Waals surface area contributed by atoms with Crippen LogP contribution in [-0.4, -0.2) is 14.3 Å². The van der Waals surface area contributed by atoms with Gasteiger partial charge in [0.05, 0.1) is 4.92 Å². The van der Waals surface area contributed by atoms with E-state index in [1.807, 2.05) is 12.1 Å². The molecule has 0 spiro atoms. The molecule has 8 heteroatoms. The number of nitro groups is 1. The molecule has 0 atom stereocenters. The number of ether oxygens (including phenoxy) is 1. The van der Waals surface area contributed by atoms with Gasteiger partial charge in [0.15, 0.2) is 0 Å². The van der Waals surface area contributed by atoms with E-state index in [4.69, 9.17) is 16.3 Å². The van der Waals surface area contributed by atoms with E-state index < -0.39 is 16.2 Å². The molecule has 0 aliphatic rings. The van der Waals surface area contributed by atoms with Gasteiger partial charge < -0.3 is 4.74 Å². The normalized spacial score (nSPS) is 11.0. The van der Waals surface area contributed by atoms with E-state index in [0.717, 1.165) is 9.79 Å². The van der Waals surface area contributed by atoms with Gasteiger partial charge in [-0.2, -0.15) is 4.98 Å². The van der Waals surface area contributed by atoms with Crippen LogP contribution < -0.4 is 10.3 Å². The third-order valence-electron chi connectivity index (χ3n) is 3.90. The number of rotatable bonds is 3. The maximum atomic E-state index is 12.5. The molecule has 7 nitrogen and oxygen atoms in total. The van der Waals surface area contributed by atoms with Crippen LogP contribution in [0.3, 0.4) is 0 Å². The minimum atomic E-state index is -0.811. The van der Waals surface area contributed by atoms with Crippen LogP contribution in [0.5, 0.6) is 11.6 Å². The van der Waals surface area contributed by atoms with Gasteiger partial charge in [-0.1, -0.05) is 41.9 Å². The summed E-state index contributed by atoms with van der Waals surface area (Å²) >= 11 is 6.18. The number of hydrogen-bond acceptors (Lipinski definition) is 5. The standard InChI is InChI=1S/C18H10ClN3O4/c19-13-8-9-14(12-6-2-1-5-11(12)13)26-17-16(22(24)25)18(23)21-10-4-3-7-15(21)20-17/h1-10H. The predicted octanol–water partition coefficient (Wildman–Crippen LogP) is 4.20. The number of nitrogens with zero attached hydrogens (tertiary/aromatic N) is 3. The summed E-state index contributed by atoms with van der Waals surface area (Å²) in [5.41, 5.74) is -1.29. The van der Waals surface area contributed by atoms with E-state index in [-0.39, 0.29) is 11.5 Å². The number of pyridine rings is 1. The van der Waals surface area contributed by atoms with Gasteiger partial charge in [0, 0.05) is 22.0 Å². The number of aromatic nitrogens is 2. The average Bonchev–Trinajstić information content (AvgIpc) is 2.64. The van der Waals surface area contributed by atoms with Crippen molar-refractivity contribution in [2.45, 2.75) is 0 Å². The van der Waals surface area contributed by atoms with Crippen LogP contribution in [0.25, 0.3) is 16.4 Å². The summed E-state index contributed by atoms with van der Waals surface area (Å²) in [5.74, 6) is -0.0426. The number of benzene rings is 2. The van der Waals surface area contributed by atoms with Crippen LogP contribution in [0.1, 0.15) is 0 Å². The fraction of sp³-hybridized carbons (Fsp3) is 0. The van der Waals surface area contributed by atoms with Gasteiger partial charge in [0.25, 0.3) is 0 Å². The van der Waals surface area contributed by atoms with E-state index in [0.29, 0.717) is 16.2 Å². The van der Waals surface area contributed by atoms with E-state index in [9.17, 15) is 14.9 Å². The zero-order valence-corrected chi connectivity index (χ0v) is 13.9. The van der Waals surface area contributed by atoms with Crippen LogP contribution >= 0.6 is 11.6 Å². The molecule has 0 bridgehead atoms. The van der Waals surface area contributed by atoms with Crippen LogP contribution in [0.4, 0.5) is 5.69 Å². The topological polar surface area (TPSA) is 86.7 Å². The Morgan fingerprint density at radius 1 is 1.04 bits per heavy atom. The number of hydrogen-bond donors (Lipinski definition) is 0. The van der Waals surface area contributed by atoms with Crippen molar-refractivity contribution < 1.29 is 9.66 Å². The molecule has 0 radical (unpaired) electrons. The van der Waals surface area contributed by atoms with Gasteiger partial charge in [-0.15, -0.1) is 0 Å². The van der Waals surface area contributed by atoms with E-state index in [2.05, 4.69) is 4.98 Å². The number of halogens is 1. The second-order valence-corrected chi connectivity index (χ2v) is 5.86. The number of fused-ring (bicyclic) bond motifs is 2. The third-order valence-corrected chi connectivity index (χ3v) is 4.23. The molecule has 128 valence electrons. The van der Waals surface area contributed by atoms with Gasteiger partial charge in [0.1, 0.15) is 11.4 Å². The molecule has 4 rings (SSSR count). The summed E-state index contributed by atoms with van der Waals surface area (Å²) in [6.45, 7) is 0. The molecule has 0 aliphatic heterocycles. The van der Waals surface area contributed by atoms with Crippen LogP contribution in [0.2, 0.25) is 5.02 Å². The van der Waals surface area contributed by atoms with Gasteiger partial charge >= 0.3 is 17.1 Å². The maximum Gasteiger partial charge on any atom is 0.396 e. The quantitative estimate of drug-likeness (QED) is 0.400. The lowest BCUT2D eigenvalue weighted by Crippen LogP contribution is -2.19. The van der Waals surface area contributed by atoms with E-state index >= 15 is 0 Å². The van der Waals surface area contributed by atoms with Gasteiger partial charge in [-0.05, 0) is 24.3 Å². The second kappa shape index (κ2) is 6.12. The molecule has 2 heterocycles. The Morgan fingerprint density at radius 2 is 1.77 bits per heavy atom. The molecule has 0 aliphatic carbocycles. The molecule has 2 aromatic carbocycles. The van der Waals surface area contributed by atoms with Crippen molar-refractivity contribution in [3.8, 4) is 11.6 Å². The molecule has 0 saturated carbocycles. The maximum absolute atomic E-state index is 12.5. The highest BCUT2D eigenvalue weighted by Gasteiger charge is 2.26. The zero-order valence-electron chi connectivity index (χ0n) is 13.1. The summed E-state index contributed by atoms with van der Waals surface area (Å²) in [5, 5.41) is 13.4. The highest BCUT2D eigenvalue weighted by Crippen LogP contribution is 2.35. The first-order valence-electron chi connectivity index (χ1n) is 7.57. The minimum Gasteiger partial charge on any atom is -0.433 e. The largest absolute Gasteiger partial charge is 0.433 e. The average molecular weight is 368 g/mol. The Morgan fingerprint density at radius 3 is 2.54 bits per heavy atom. The molecule has 26 heavy (non-hydrogen) atoms. The first kappa shape index (κ1) is 16.0. The Bertz CT molecular complexity index is 1240. The monoisotopic (exact) mass is 367 g/mol.